The fraction of sp³-hybridized carbons (Fsp3) is 0.231. The Labute approximate surface area is 104 Å². The standard InChI is InChI=1S/C13H13N3S/c1-7-6-10-12(9(3)14-7)13(16-15-10)11-5-4-8(2)17-11/h4-6H,1-3H3,(H,15,16). The second-order valence-electron chi connectivity index (χ2n) is 4.25. The third-order valence-electron chi connectivity index (χ3n) is 2.83. The largest absolute Gasteiger partial charge is 0.277 e. The maximum Gasteiger partial charge on any atom is 0.112 e. The number of nitrogens with zero attached hydrogens (tertiary/aromatic N) is 2. The van der Waals surface area contributed by atoms with Gasteiger partial charge in [0.15, 0.2) is 0 Å². The van der Waals surface area contributed by atoms with Gasteiger partial charge in [-0.2, -0.15) is 5.10 Å². The van der Waals surface area contributed by atoms with Crippen LogP contribution in [0.4, 0.5) is 0 Å². The van der Waals surface area contributed by atoms with E-state index in [2.05, 4.69) is 34.2 Å². The number of aromatic nitrogens is 3. The summed E-state index contributed by atoms with van der Waals surface area (Å²) >= 11 is 1.76. The van der Waals surface area contributed by atoms with Crippen molar-refractivity contribution in [3.63, 3.8) is 0 Å². The minimum Gasteiger partial charge on any atom is -0.277 e. The molecule has 0 spiro atoms. The number of H-pyrrole nitrogens is 1. The summed E-state index contributed by atoms with van der Waals surface area (Å²) in [6.45, 7) is 6.15. The van der Waals surface area contributed by atoms with Crippen LogP contribution in [0.5, 0.6) is 0 Å². The molecule has 0 atom stereocenters. The summed E-state index contributed by atoms with van der Waals surface area (Å²) in [5.41, 5.74) is 4.14. The fourth-order valence-electron chi connectivity index (χ4n) is 2.13. The van der Waals surface area contributed by atoms with Gasteiger partial charge >= 0.3 is 0 Å². The van der Waals surface area contributed by atoms with Gasteiger partial charge in [0, 0.05) is 21.7 Å². The zero-order valence-corrected chi connectivity index (χ0v) is 10.9. The lowest BCUT2D eigenvalue weighted by Gasteiger charge is -1.99. The second-order valence-corrected chi connectivity index (χ2v) is 5.54. The molecule has 3 nitrogen and oxygen atoms in total. The fourth-order valence-corrected chi connectivity index (χ4v) is 2.99. The summed E-state index contributed by atoms with van der Waals surface area (Å²) in [6.07, 6.45) is 0. The first-order valence-electron chi connectivity index (χ1n) is 5.54. The molecular weight excluding hydrogens is 230 g/mol. The maximum atomic E-state index is 4.51. The molecule has 0 aliphatic carbocycles. The molecule has 0 bridgehead atoms. The zero-order valence-electron chi connectivity index (χ0n) is 10.0. The Balaban J connectivity index is 2.31. The van der Waals surface area contributed by atoms with E-state index in [1.165, 1.54) is 9.75 Å². The van der Waals surface area contributed by atoms with Crippen molar-refractivity contribution >= 4 is 22.2 Å². The van der Waals surface area contributed by atoms with E-state index < -0.39 is 0 Å². The number of thiophene rings is 1. The van der Waals surface area contributed by atoms with E-state index >= 15 is 0 Å². The average molecular weight is 243 g/mol. The van der Waals surface area contributed by atoms with Crippen LogP contribution in [-0.4, -0.2) is 15.2 Å². The molecule has 0 saturated carbocycles. The summed E-state index contributed by atoms with van der Waals surface area (Å²) in [6, 6.07) is 6.28. The van der Waals surface area contributed by atoms with Crippen LogP contribution in [0.15, 0.2) is 18.2 Å². The molecular formula is C13H13N3S. The van der Waals surface area contributed by atoms with E-state index in [1.54, 1.807) is 11.3 Å². The Morgan fingerprint density at radius 3 is 2.71 bits per heavy atom. The van der Waals surface area contributed by atoms with Crippen molar-refractivity contribution in [2.24, 2.45) is 0 Å². The van der Waals surface area contributed by atoms with Gasteiger partial charge in [-0.25, -0.2) is 0 Å². The summed E-state index contributed by atoms with van der Waals surface area (Å²) in [5, 5.41) is 8.66. The van der Waals surface area contributed by atoms with E-state index in [1.807, 2.05) is 19.9 Å². The lowest BCUT2D eigenvalue weighted by Crippen LogP contribution is -1.87. The number of nitrogens with one attached hydrogen (secondary N) is 1. The molecule has 0 fully saturated rings. The third-order valence-corrected chi connectivity index (χ3v) is 3.83. The molecule has 0 aliphatic heterocycles. The highest BCUT2D eigenvalue weighted by molar-refractivity contribution is 7.15. The molecule has 3 aromatic rings. The molecule has 1 N–H and O–H groups in total. The van der Waals surface area contributed by atoms with Gasteiger partial charge < -0.3 is 0 Å². The molecule has 0 aliphatic rings. The number of aromatic amines is 1. The van der Waals surface area contributed by atoms with Gasteiger partial charge in [-0.15, -0.1) is 11.3 Å². The molecule has 0 radical (unpaired) electrons. The summed E-state index contributed by atoms with van der Waals surface area (Å²) in [7, 11) is 0. The topological polar surface area (TPSA) is 41.6 Å². The molecule has 0 amide bonds. The van der Waals surface area contributed by atoms with E-state index in [-0.39, 0.29) is 0 Å². The van der Waals surface area contributed by atoms with Crippen LogP contribution in [0, 0.1) is 20.8 Å². The Morgan fingerprint density at radius 1 is 1.18 bits per heavy atom. The van der Waals surface area contributed by atoms with Crippen molar-refractivity contribution in [1.82, 2.24) is 15.2 Å². The maximum absolute atomic E-state index is 4.51. The number of fused-ring (bicyclic) bond motifs is 1. The first-order chi connectivity index (χ1) is 8.15. The Hall–Kier alpha value is -1.68. The molecule has 3 rings (SSSR count). The van der Waals surface area contributed by atoms with E-state index in [9.17, 15) is 0 Å². The number of pyridine rings is 1. The van der Waals surface area contributed by atoms with Crippen LogP contribution < -0.4 is 0 Å². The monoisotopic (exact) mass is 243 g/mol. The predicted molar refractivity (Wildman–Crippen MR) is 71.4 cm³/mol. The molecule has 0 unspecified atom stereocenters. The van der Waals surface area contributed by atoms with E-state index in [0.29, 0.717) is 0 Å². The van der Waals surface area contributed by atoms with Crippen LogP contribution in [0.3, 0.4) is 0 Å². The van der Waals surface area contributed by atoms with Crippen LogP contribution in [-0.2, 0) is 0 Å². The van der Waals surface area contributed by atoms with Gasteiger partial charge in [-0.05, 0) is 39.0 Å². The smallest absolute Gasteiger partial charge is 0.112 e. The molecule has 3 heterocycles. The zero-order chi connectivity index (χ0) is 12.0. The quantitative estimate of drug-likeness (QED) is 0.709. The molecule has 17 heavy (non-hydrogen) atoms. The number of hydrogen-bond donors (Lipinski definition) is 1. The summed E-state index contributed by atoms with van der Waals surface area (Å²) < 4.78 is 0. The predicted octanol–water partition coefficient (Wildman–Crippen LogP) is 3.61. The van der Waals surface area contributed by atoms with Crippen molar-refractivity contribution in [3.8, 4) is 10.6 Å². The van der Waals surface area contributed by atoms with Crippen molar-refractivity contribution < 1.29 is 0 Å². The molecule has 4 heteroatoms. The number of hydrogen-bond acceptors (Lipinski definition) is 3. The van der Waals surface area contributed by atoms with Crippen LogP contribution in [0.25, 0.3) is 21.5 Å². The lowest BCUT2D eigenvalue weighted by atomic mass is 10.1. The molecule has 0 aromatic carbocycles. The second kappa shape index (κ2) is 3.67. The highest BCUT2D eigenvalue weighted by Gasteiger charge is 2.13. The van der Waals surface area contributed by atoms with E-state index in [0.717, 1.165) is 28.0 Å². The highest BCUT2D eigenvalue weighted by Crippen LogP contribution is 2.32. The lowest BCUT2D eigenvalue weighted by molar-refractivity contribution is 1.12. The van der Waals surface area contributed by atoms with Gasteiger partial charge in [0.05, 0.1) is 10.4 Å². The first-order valence-corrected chi connectivity index (χ1v) is 6.36. The van der Waals surface area contributed by atoms with Crippen molar-refractivity contribution in [2.45, 2.75) is 20.8 Å². The summed E-state index contributed by atoms with van der Waals surface area (Å²) in [4.78, 5) is 7.01. The van der Waals surface area contributed by atoms with Crippen molar-refractivity contribution in [2.75, 3.05) is 0 Å². The van der Waals surface area contributed by atoms with Crippen LogP contribution >= 0.6 is 11.3 Å². The van der Waals surface area contributed by atoms with Crippen LogP contribution in [0.1, 0.15) is 16.3 Å². The van der Waals surface area contributed by atoms with Gasteiger partial charge in [0.1, 0.15) is 5.69 Å². The Morgan fingerprint density at radius 2 is 2.00 bits per heavy atom. The molecule has 86 valence electrons. The normalized spacial score (nSPS) is 11.2. The number of aryl methyl sites for hydroxylation is 3. The van der Waals surface area contributed by atoms with Crippen molar-refractivity contribution in [1.29, 1.82) is 0 Å². The molecule has 0 saturated heterocycles. The minimum atomic E-state index is 1.02. The van der Waals surface area contributed by atoms with Gasteiger partial charge in [-0.3, -0.25) is 10.1 Å². The Bertz CT molecular complexity index is 694. The minimum absolute atomic E-state index is 1.02. The summed E-state index contributed by atoms with van der Waals surface area (Å²) in [5.74, 6) is 0. The SMILES string of the molecule is Cc1cc2[nH]nc(-c3ccc(C)s3)c2c(C)n1. The highest BCUT2D eigenvalue weighted by atomic mass is 32.1. The van der Waals surface area contributed by atoms with Gasteiger partial charge in [-0.1, -0.05) is 0 Å². The first kappa shape index (κ1) is 10.5. The van der Waals surface area contributed by atoms with Crippen LogP contribution in [0.2, 0.25) is 0 Å². The van der Waals surface area contributed by atoms with Gasteiger partial charge in [0.2, 0.25) is 0 Å². The van der Waals surface area contributed by atoms with Crippen molar-refractivity contribution in [3.05, 3.63) is 34.5 Å². The third kappa shape index (κ3) is 1.65. The van der Waals surface area contributed by atoms with E-state index in [4.69, 9.17) is 0 Å². The molecule has 3 aromatic heterocycles. The Kier molecular flexibility index (Phi) is 2.26. The van der Waals surface area contributed by atoms with Gasteiger partial charge in [0.25, 0.3) is 0 Å². The average Bonchev–Trinajstić information content (AvgIpc) is 2.83. The number of rotatable bonds is 1.